The number of carbonyl (C=O) groups is 1. The number of halogens is 1. The number of nitrogens with one attached hydrogen (secondary N) is 1. The van der Waals surface area contributed by atoms with E-state index in [0.29, 0.717) is 0 Å². The molecule has 1 N–H and O–H groups in total. The second-order valence-electron chi connectivity index (χ2n) is 6.39. The van der Waals surface area contributed by atoms with Crippen LogP contribution in [0.15, 0.2) is 0 Å². The van der Waals surface area contributed by atoms with E-state index in [2.05, 4.69) is 5.32 Å². The van der Waals surface area contributed by atoms with Crippen molar-refractivity contribution in [1.29, 1.82) is 0 Å². The molecule has 3 saturated carbocycles. The maximum atomic E-state index is 11.9. The lowest BCUT2D eigenvalue weighted by Gasteiger charge is -2.50. The predicted octanol–water partition coefficient (Wildman–Crippen LogP) is 3.09. The Labute approximate surface area is 108 Å². The lowest BCUT2D eigenvalue weighted by molar-refractivity contribution is -0.124. The minimum atomic E-state index is -0.399. The summed E-state index contributed by atoms with van der Waals surface area (Å²) in [6.07, 6.45) is 9.12. The van der Waals surface area contributed by atoms with E-state index in [1.807, 2.05) is 0 Å². The van der Waals surface area contributed by atoms with Crippen LogP contribution in [-0.2, 0) is 4.79 Å². The van der Waals surface area contributed by atoms with E-state index < -0.39 is 5.38 Å². The van der Waals surface area contributed by atoms with Crippen molar-refractivity contribution in [3.05, 3.63) is 0 Å². The van der Waals surface area contributed by atoms with Crippen LogP contribution in [0.4, 0.5) is 0 Å². The van der Waals surface area contributed by atoms with Crippen molar-refractivity contribution in [2.45, 2.75) is 62.8 Å². The van der Waals surface area contributed by atoms with Crippen molar-refractivity contribution < 1.29 is 4.79 Å². The predicted molar refractivity (Wildman–Crippen MR) is 69.0 cm³/mol. The number of alkyl halides is 1. The lowest BCUT2D eigenvalue weighted by Crippen LogP contribution is -2.59. The molecule has 5 unspecified atom stereocenters. The average Bonchev–Trinajstić information content (AvgIpc) is 2.75. The van der Waals surface area contributed by atoms with Gasteiger partial charge in [-0.3, -0.25) is 4.79 Å². The van der Waals surface area contributed by atoms with Crippen molar-refractivity contribution in [3.63, 3.8) is 0 Å². The molecule has 96 valence electrons. The van der Waals surface area contributed by atoms with Gasteiger partial charge in [0.1, 0.15) is 5.38 Å². The quantitative estimate of drug-likeness (QED) is 0.755. The first kappa shape index (κ1) is 11.8. The molecule has 3 fully saturated rings. The zero-order chi connectivity index (χ0) is 12.0. The summed E-state index contributed by atoms with van der Waals surface area (Å²) < 4.78 is 0. The summed E-state index contributed by atoms with van der Waals surface area (Å²) in [5.74, 6) is 2.59. The largest absolute Gasteiger partial charge is 0.349 e. The normalized spacial score (nSPS) is 45.4. The molecular weight excluding hydrogens is 234 g/mol. The fourth-order valence-corrected chi connectivity index (χ4v) is 4.69. The van der Waals surface area contributed by atoms with Crippen molar-refractivity contribution in [2.24, 2.45) is 17.8 Å². The van der Waals surface area contributed by atoms with Gasteiger partial charge in [0.15, 0.2) is 0 Å². The number of rotatable bonds is 2. The summed E-state index contributed by atoms with van der Waals surface area (Å²) in [4.78, 5) is 11.9. The van der Waals surface area contributed by atoms with Gasteiger partial charge in [0, 0.05) is 5.54 Å². The highest BCUT2D eigenvalue weighted by Crippen LogP contribution is 2.56. The van der Waals surface area contributed by atoms with Gasteiger partial charge < -0.3 is 5.32 Å². The van der Waals surface area contributed by atoms with Crippen molar-refractivity contribution in [1.82, 2.24) is 5.32 Å². The molecule has 17 heavy (non-hydrogen) atoms. The Hall–Kier alpha value is -0.240. The van der Waals surface area contributed by atoms with Gasteiger partial charge in [-0.25, -0.2) is 0 Å². The number of hydrogen-bond acceptors (Lipinski definition) is 1. The van der Waals surface area contributed by atoms with Crippen LogP contribution in [0.2, 0.25) is 0 Å². The van der Waals surface area contributed by atoms with Gasteiger partial charge in [0.05, 0.1) is 0 Å². The van der Waals surface area contributed by atoms with Crippen molar-refractivity contribution >= 4 is 17.5 Å². The van der Waals surface area contributed by atoms with E-state index in [0.717, 1.165) is 17.8 Å². The highest BCUT2D eigenvalue weighted by atomic mass is 35.5. The molecule has 0 saturated heterocycles. The molecule has 3 aliphatic carbocycles. The Kier molecular flexibility index (Phi) is 2.89. The minimum absolute atomic E-state index is 0.0395. The zero-order valence-corrected chi connectivity index (χ0v) is 11.3. The Morgan fingerprint density at radius 1 is 1.35 bits per heavy atom. The number of hydrogen-bond donors (Lipinski definition) is 1. The number of carbonyl (C=O) groups excluding carboxylic acids is 1. The van der Waals surface area contributed by atoms with E-state index in [1.54, 1.807) is 6.92 Å². The van der Waals surface area contributed by atoms with Crippen LogP contribution < -0.4 is 5.32 Å². The minimum Gasteiger partial charge on any atom is -0.349 e. The third-order valence-corrected chi connectivity index (χ3v) is 5.68. The molecule has 1 amide bonds. The fourth-order valence-electron chi connectivity index (χ4n) is 4.63. The van der Waals surface area contributed by atoms with Crippen LogP contribution >= 0.6 is 11.6 Å². The molecule has 0 radical (unpaired) electrons. The zero-order valence-electron chi connectivity index (χ0n) is 10.5. The first-order chi connectivity index (χ1) is 8.11. The Morgan fingerprint density at radius 3 is 2.94 bits per heavy atom. The maximum absolute atomic E-state index is 11.9. The van der Waals surface area contributed by atoms with Gasteiger partial charge in [-0.1, -0.05) is 12.8 Å². The molecule has 0 heterocycles. The van der Waals surface area contributed by atoms with Crippen LogP contribution in [-0.4, -0.2) is 16.8 Å². The molecule has 0 aliphatic heterocycles. The van der Waals surface area contributed by atoms with E-state index in [9.17, 15) is 4.79 Å². The Morgan fingerprint density at radius 2 is 2.18 bits per heavy atom. The summed E-state index contributed by atoms with van der Waals surface area (Å²) in [5, 5.41) is 2.92. The molecule has 3 aliphatic rings. The second-order valence-corrected chi connectivity index (χ2v) is 7.04. The van der Waals surface area contributed by atoms with E-state index >= 15 is 0 Å². The molecule has 0 aromatic heterocycles. The first-order valence-corrected chi connectivity index (χ1v) is 7.50. The van der Waals surface area contributed by atoms with E-state index in [4.69, 9.17) is 11.6 Å². The highest BCUT2D eigenvalue weighted by molar-refractivity contribution is 6.30. The molecule has 4 bridgehead atoms. The van der Waals surface area contributed by atoms with Gasteiger partial charge in [-0.05, 0) is 56.8 Å². The lowest BCUT2D eigenvalue weighted by atomic mass is 9.61. The molecule has 3 heteroatoms. The number of amides is 1. The van der Waals surface area contributed by atoms with Crippen LogP contribution in [0.5, 0.6) is 0 Å². The smallest absolute Gasteiger partial charge is 0.238 e. The molecule has 3 rings (SSSR count). The second kappa shape index (κ2) is 4.15. The molecule has 0 spiro atoms. The molecular formula is C14H22ClNO. The summed E-state index contributed by atoms with van der Waals surface area (Å²) in [5.41, 5.74) is 0.107. The monoisotopic (exact) mass is 255 g/mol. The van der Waals surface area contributed by atoms with Crippen molar-refractivity contribution in [2.75, 3.05) is 0 Å². The third kappa shape index (κ3) is 1.89. The molecule has 0 aromatic carbocycles. The van der Waals surface area contributed by atoms with E-state index in [1.165, 1.54) is 44.9 Å². The van der Waals surface area contributed by atoms with Gasteiger partial charge >= 0.3 is 0 Å². The van der Waals surface area contributed by atoms with Crippen molar-refractivity contribution in [3.8, 4) is 0 Å². The maximum Gasteiger partial charge on any atom is 0.238 e. The van der Waals surface area contributed by atoms with Crippen LogP contribution in [0.1, 0.15) is 51.9 Å². The van der Waals surface area contributed by atoms with E-state index in [-0.39, 0.29) is 11.4 Å². The van der Waals surface area contributed by atoms with Crippen LogP contribution in [0.3, 0.4) is 0 Å². The van der Waals surface area contributed by atoms with Gasteiger partial charge in [-0.15, -0.1) is 11.6 Å². The van der Waals surface area contributed by atoms with Crippen LogP contribution in [0.25, 0.3) is 0 Å². The topological polar surface area (TPSA) is 29.1 Å². The summed E-state index contributed by atoms with van der Waals surface area (Å²) in [7, 11) is 0. The highest BCUT2D eigenvalue weighted by Gasteiger charge is 2.53. The molecule has 2 nitrogen and oxygen atoms in total. The summed E-state index contributed by atoms with van der Waals surface area (Å²) >= 11 is 5.91. The SMILES string of the molecule is CC(Cl)C(=O)NC12CCCC(C1)C1CCC2C1. The van der Waals surface area contributed by atoms with Gasteiger partial charge in [-0.2, -0.15) is 0 Å². The fraction of sp³-hybridized carbons (Fsp3) is 0.929. The summed E-state index contributed by atoms with van der Waals surface area (Å²) in [6.45, 7) is 1.77. The molecule has 5 atom stereocenters. The third-order valence-electron chi connectivity index (χ3n) is 5.48. The molecule has 0 aromatic rings. The first-order valence-electron chi connectivity index (χ1n) is 7.07. The summed E-state index contributed by atoms with van der Waals surface area (Å²) in [6, 6.07) is 0. The number of fused-ring (bicyclic) bond motifs is 6. The standard InChI is InChI=1S/C14H22ClNO/c1-9(15)13(17)16-14-6-2-3-11(8-14)10-4-5-12(14)7-10/h9-12H,2-8H2,1H3,(H,16,17). The van der Waals surface area contributed by atoms with Gasteiger partial charge in [0.2, 0.25) is 5.91 Å². The van der Waals surface area contributed by atoms with Gasteiger partial charge in [0.25, 0.3) is 0 Å². The Balaban J connectivity index is 1.81. The Bertz CT molecular complexity index is 330. The van der Waals surface area contributed by atoms with Crippen LogP contribution in [0, 0.1) is 17.8 Å². The average molecular weight is 256 g/mol.